The topological polar surface area (TPSA) is 53.7 Å². The summed E-state index contributed by atoms with van der Waals surface area (Å²) in [6.07, 6.45) is 0. The van der Waals surface area contributed by atoms with E-state index in [1.165, 1.54) is 5.39 Å². The van der Waals surface area contributed by atoms with E-state index in [2.05, 4.69) is 167 Å². The highest BCUT2D eigenvalue weighted by Crippen LogP contribution is 2.43. The van der Waals surface area contributed by atoms with Gasteiger partial charge >= 0.3 is 0 Å². The van der Waals surface area contributed by atoms with Crippen molar-refractivity contribution in [3.05, 3.63) is 188 Å². The van der Waals surface area contributed by atoms with Crippen molar-refractivity contribution in [3.8, 4) is 39.6 Å². The van der Waals surface area contributed by atoms with E-state index < -0.39 is 0 Å². The van der Waals surface area contributed by atoms with Gasteiger partial charge in [0.25, 0.3) is 0 Å². The first-order valence-corrected chi connectivity index (χ1v) is 18.9. The molecule has 8 aromatic carbocycles. The van der Waals surface area contributed by atoms with E-state index in [0.717, 1.165) is 99.7 Å². The van der Waals surface area contributed by atoms with Crippen LogP contribution in [-0.4, -0.2) is 24.1 Å². The van der Waals surface area contributed by atoms with E-state index in [1.54, 1.807) is 0 Å². The molecule has 0 saturated carbocycles. The molecule has 4 aromatic heterocycles. The molecule has 0 spiro atoms. The van der Waals surface area contributed by atoms with Crippen LogP contribution < -0.4 is 0 Å². The van der Waals surface area contributed by atoms with Gasteiger partial charge in [-0.1, -0.05) is 133 Å². The van der Waals surface area contributed by atoms with Crippen LogP contribution in [-0.2, 0) is 0 Å². The maximum atomic E-state index is 6.60. The van der Waals surface area contributed by atoms with Crippen molar-refractivity contribution in [3.63, 3.8) is 0 Å². The number of aromatic nitrogens is 5. The van der Waals surface area contributed by atoms with Gasteiger partial charge in [0, 0.05) is 49.4 Å². The SMILES string of the molecule is c1ccc(-c2nnn(-c3ccccc3)c2-c2cccc3c4ccccc4n(-c4cccc(-n5c6ccccc6c6c7oc8ccccc8c7ccc65)c4)c23)cc1. The Morgan fingerprint density at radius 2 is 1.05 bits per heavy atom. The van der Waals surface area contributed by atoms with Crippen molar-refractivity contribution < 1.29 is 4.42 Å². The second kappa shape index (κ2) is 11.9. The third kappa shape index (κ3) is 4.38. The van der Waals surface area contributed by atoms with Crippen molar-refractivity contribution in [2.45, 2.75) is 0 Å². The summed E-state index contributed by atoms with van der Waals surface area (Å²) >= 11 is 0. The number of benzene rings is 8. The number of hydrogen-bond donors (Lipinski definition) is 0. The molecule has 0 unspecified atom stereocenters. The van der Waals surface area contributed by atoms with Crippen molar-refractivity contribution in [1.82, 2.24) is 24.1 Å². The fourth-order valence-corrected chi connectivity index (χ4v) is 8.83. The summed E-state index contributed by atoms with van der Waals surface area (Å²) in [6.45, 7) is 0. The van der Waals surface area contributed by atoms with Gasteiger partial charge < -0.3 is 13.6 Å². The molecule has 262 valence electrons. The van der Waals surface area contributed by atoms with Gasteiger partial charge in [-0.05, 0) is 60.7 Å². The first-order valence-electron chi connectivity index (χ1n) is 18.9. The summed E-state index contributed by atoms with van der Waals surface area (Å²) in [4.78, 5) is 0. The Kier molecular flexibility index (Phi) is 6.53. The average Bonchev–Trinajstić information content (AvgIpc) is 4.04. The average molecular weight is 718 g/mol. The molecule has 6 heteroatoms. The Morgan fingerprint density at radius 1 is 0.429 bits per heavy atom. The van der Waals surface area contributed by atoms with Gasteiger partial charge in [0.1, 0.15) is 22.6 Å². The predicted octanol–water partition coefficient (Wildman–Crippen LogP) is 12.7. The molecule has 4 heterocycles. The molecular weight excluding hydrogens is 687 g/mol. The maximum Gasteiger partial charge on any atom is 0.145 e. The molecule has 0 bridgehead atoms. The standard InChI is InChI=1S/C50H31N5O/c1-3-15-32(16-4-1)47-49(55(52-51-47)33-17-5-2-6-18-33)41-25-14-24-38-36-21-7-10-26-42(36)54(48(38)41)35-20-13-19-34(31-35)53-43-27-11-8-23-40(43)46-44(53)30-29-39-37-22-9-12-28-45(37)56-50(39)46/h1-31H. The molecule has 0 saturated heterocycles. The van der Waals surface area contributed by atoms with Gasteiger partial charge in [0.15, 0.2) is 0 Å². The minimum Gasteiger partial charge on any atom is -0.455 e. The van der Waals surface area contributed by atoms with Crippen LogP contribution >= 0.6 is 0 Å². The number of nitrogens with zero attached hydrogens (tertiary/aromatic N) is 5. The Morgan fingerprint density at radius 3 is 1.88 bits per heavy atom. The minimum atomic E-state index is 0.828. The van der Waals surface area contributed by atoms with E-state index >= 15 is 0 Å². The highest BCUT2D eigenvalue weighted by atomic mass is 16.3. The largest absolute Gasteiger partial charge is 0.455 e. The summed E-state index contributed by atoms with van der Waals surface area (Å²) in [6, 6.07) is 66.2. The Labute approximate surface area is 320 Å². The molecule has 12 rings (SSSR count). The predicted molar refractivity (Wildman–Crippen MR) is 228 cm³/mol. The molecule has 56 heavy (non-hydrogen) atoms. The van der Waals surface area contributed by atoms with Crippen molar-refractivity contribution in [2.24, 2.45) is 0 Å². The van der Waals surface area contributed by atoms with Crippen LogP contribution in [0.4, 0.5) is 0 Å². The second-order valence-corrected chi connectivity index (χ2v) is 14.3. The molecule has 0 N–H and O–H groups in total. The first-order chi connectivity index (χ1) is 27.8. The lowest BCUT2D eigenvalue weighted by Gasteiger charge is -2.15. The smallest absolute Gasteiger partial charge is 0.145 e. The van der Waals surface area contributed by atoms with Crippen LogP contribution in [0.3, 0.4) is 0 Å². The van der Waals surface area contributed by atoms with Crippen LogP contribution in [0, 0.1) is 0 Å². The summed E-state index contributed by atoms with van der Waals surface area (Å²) in [5.41, 5.74) is 13.1. The lowest BCUT2D eigenvalue weighted by atomic mass is 10.0. The third-order valence-corrected chi connectivity index (χ3v) is 11.2. The number of hydrogen-bond acceptors (Lipinski definition) is 3. The summed E-state index contributed by atoms with van der Waals surface area (Å²) < 4.78 is 13.4. The Bertz CT molecular complexity index is 3420. The van der Waals surface area contributed by atoms with Gasteiger partial charge in [-0.15, -0.1) is 5.10 Å². The van der Waals surface area contributed by atoms with E-state index in [9.17, 15) is 0 Å². The fraction of sp³-hybridized carbons (Fsp3) is 0. The Balaban J connectivity index is 1.15. The van der Waals surface area contributed by atoms with Crippen LogP contribution in [0.25, 0.3) is 105 Å². The number of para-hydroxylation sites is 5. The zero-order valence-electron chi connectivity index (χ0n) is 30.0. The molecule has 0 aliphatic rings. The first kappa shape index (κ1) is 30.7. The molecular formula is C50H31N5O. The second-order valence-electron chi connectivity index (χ2n) is 14.3. The Hall–Kier alpha value is -7.70. The van der Waals surface area contributed by atoms with E-state index in [-0.39, 0.29) is 0 Å². The van der Waals surface area contributed by atoms with Gasteiger partial charge in [-0.2, -0.15) is 0 Å². The van der Waals surface area contributed by atoms with E-state index in [1.807, 2.05) is 35.0 Å². The fourth-order valence-electron chi connectivity index (χ4n) is 8.83. The number of fused-ring (bicyclic) bond motifs is 10. The van der Waals surface area contributed by atoms with Gasteiger partial charge in [0.05, 0.1) is 33.1 Å². The maximum absolute atomic E-state index is 6.60. The van der Waals surface area contributed by atoms with Gasteiger partial charge in [-0.3, -0.25) is 0 Å². The summed E-state index contributed by atoms with van der Waals surface area (Å²) in [5, 5.41) is 16.5. The molecule has 6 nitrogen and oxygen atoms in total. The molecule has 0 atom stereocenters. The van der Waals surface area contributed by atoms with Gasteiger partial charge in [-0.25, -0.2) is 4.68 Å². The third-order valence-electron chi connectivity index (χ3n) is 11.2. The van der Waals surface area contributed by atoms with Crippen LogP contribution in [0.5, 0.6) is 0 Å². The zero-order chi connectivity index (χ0) is 36.7. The minimum absolute atomic E-state index is 0.828. The van der Waals surface area contributed by atoms with Crippen molar-refractivity contribution in [1.29, 1.82) is 0 Å². The zero-order valence-corrected chi connectivity index (χ0v) is 30.0. The van der Waals surface area contributed by atoms with Crippen LogP contribution in [0.2, 0.25) is 0 Å². The normalized spacial score (nSPS) is 11.9. The lowest BCUT2D eigenvalue weighted by molar-refractivity contribution is 0.673. The molecule has 0 aliphatic carbocycles. The number of rotatable bonds is 5. The van der Waals surface area contributed by atoms with Gasteiger partial charge in [0.2, 0.25) is 0 Å². The molecule has 0 radical (unpaired) electrons. The quantitative estimate of drug-likeness (QED) is 0.178. The molecule has 0 fully saturated rings. The summed E-state index contributed by atoms with van der Waals surface area (Å²) in [5.74, 6) is 0. The van der Waals surface area contributed by atoms with E-state index in [0.29, 0.717) is 0 Å². The van der Waals surface area contributed by atoms with Crippen molar-refractivity contribution in [2.75, 3.05) is 0 Å². The summed E-state index contributed by atoms with van der Waals surface area (Å²) in [7, 11) is 0. The van der Waals surface area contributed by atoms with Crippen molar-refractivity contribution >= 4 is 65.6 Å². The highest BCUT2D eigenvalue weighted by molar-refractivity contribution is 6.24. The van der Waals surface area contributed by atoms with Crippen LogP contribution in [0.15, 0.2) is 192 Å². The molecule has 12 aromatic rings. The van der Waals surface area contributed by atoms with E-state index in [4.69, 9.17) is 14.7 Å². The van der Waals surface area contributed by atoms with Crippen LogP contribution in [0.1, 0.15) is 0 Å². The lowest BCUT2D eigenvalue weighted by Crippen LogP contribution is -2.02. The number of furan rings is 1. The molecule has 0 aliphatic heterocycles. The monoisotopic (exact) mass is 717 g/mol. The highest BCUT2D eigenvalue weighted by Gasteiger charge is 2.24. The molecule has 0 amide bonds.